The first-order valence-corrected chi connectivity index (χ1v) is 7.54. The zero-order chi connectivity index (χ0) is 15.0. The summed E-state index contributed by atoms with van der Waals surface area (Å²) >= 11 is 12.6. The average molecular weight is 317 g/mol. The van der Waals surface area contributed by atoms with Gasteiger partial charge in [-0.15, -0.1) is 0 Å². The molecular weight excluding hydrogens is 303 g/mol. The molecule has 2 nitrogen and oxygen atoms in total. The molecule has 0 radical (unpaired) electrons. The van der Waals surface area contributed by atoms with Gasteiger partial charge in [-0.3, -0.25) is 0 Å². The molecule has 0 bridgehead atoms. The van der Waals surface area contributed by atoms with Gasteiger partial charge >= 0.3 is 0 Å². The zero-order valence-corrected chi connectivity index (χ0v) is 13.3. The molecule has 4 heteroatoms. The molecule has 3 rings (SSSR count). The van der Waals surface area contributed by atoms with Crippen molar-refractivity contribution in [3.63, 3.8) is 0 Å². The predicted molar refractivity (Wildman–Crippen MR) is 89.1 cm³/mol. The Hall–Kier alpha value is -1.64. The van der Waals surface area contributed by atoms with Crippen LogP contribution < -0.4 is 0 Å². The highest BCUT2D eigenvalue weighted by atomic mass is 35.5. The summed E-state index contributed by atoms with van der Waals surface area (Å²) in [5.41, 5.74) is 2.84. The van der Waals surface area contributed by atoms with Gasteiger partial charge in [0.25, 0.3) is 0 Å². The number of hydrogen-bond donors (Lipinski definition) is 0. The molecule has 21 heavy (non-hydrogen) atoms. The van der Waals surface area contributed by atoms with Gasteiger partial charge in [0.1, 0.15) is 5.15 Å². The second kappa shape index (κ2) is 5.63. The SMILES string of the molecule is CC(C)c1ccc2nc(-c3ccccc3Cl)nc(Cl)c2c1. The fraction of sp³-hybridized carbons (Fsp3) is 0.176. The van der Waals surface area contributed by atoms with Crippen LogP contribution in [0.1, 0.15) is 25.3 Å². The van der Waals surface area contributed by atoms with Crippen LogP contribution in [0.25, 0.3) is 22.3 Å². The first-order valence-electron chi connectivity index (χ1n) is 6.78. The predicted octanol–water partition coefficient (Wildman–Crippen LogP) is 5.73. The molecule has 3 aromatic rings. The maximum Gasteiger partial charge on any atom is 0.162 e. The van der Waals surface area contributed by atoms with E-state index in [9.17, 15) is 0 Å². The van der Waals surface area contributed by atoms with E-state index < -0.39 is 0 Å². The van der Waals surface area contributed by atoms with Crippen LogP contribution in [0.4, 0.5) is 0 Å². The van der Waals surface area contributed by atoms with Crippen molar-refractivity contribution in [3.05, 3.63) is 58.2 Å². The van der Waals surface area contributed by atoms with E-state index in [1.807, 2.05) is 30.3 Å². The largest absolute Gasteiger partial charge is 0.228 e. The molecule has 0 amide bonds. The Morgan fingerprint density at radius 2 is 1.71 bits per heavy atom. The molecule has 106 valence electrons. The van der Waals surface area contributed by atoms with Gasteiger partial charge < -0.3 is 0 Å². The maximum atomic E-state index is 6.35. The Bertz CT molecular complexity index is 813. The van der Waals surface area contributed by atoms with Crippen LogP contribution in [-0.2, 0) is 0 Å². The number of aromatic nitrogens is 2. The van der Waals surface area contributed by atoms with Crippen molar-refractivity contribution in [1.29, 1.82) is 0 Å². The Labute approximate surface area is 133 Å². The van der Waals surface area contributed by atoms with Crippen LogP contribution in [0.3, 0.4) is 0 Å². The van der Waals surface area contributed by atoms with Crippen LogP contribution in [0.5, 0.6) is 0 Å². The van der Waals surface area contributed by atoms with Crippen molar-refractivity contribution in [3.8, 4) is 11.4 Å². The summed E-state index contributed by atoms with van der Waals surface area (Å²) in [5, 5.41) is 1.95. The summed E-state index contributed by atoms with van der Waals surface area (Å²) < 4.78 is 0. The molecule has 1 aromatic heterocycles. The second-order valence-electron chi connectivity index (χ2n) is 5.25. The normalized spacial score (nSPS) is 11.3. The number of nitrogens with zero attached hydrogens (tertiary/aromatic N) is 2. The van der Waals surface area contributed by atoms with Crippen molar-refractivity contribution in [2.45, 2.75) is 19.8 Å². The van der Waals surface area contributed by atoms with Gasteiger partial charge in [0.2, 0.25) is 0 Å². The van der Waals surface area contributed by atoms with Crippen LogP contribution in [0.2, 0.25) is 10.2 Å². The molecule has 0 aliphatic rings. The van der Waals surface area contributed by atoms with Gasteiger partial charge in [-0.2, -0.15) is 0 Å². The second-order valence-corrected chi connectivity index (χ2v) is 6.01. The third kappa shape index (κ3) is 2.74. The van der Waals surface area contributed by atoms with Gasteiger partial charge in [-0.25, -0.2) is 9.97 Å². The minimum absolute atomic E-state index is 0.439. The van der Waals surface area contributed by atoms with Crippen molar-refractivity contribution in [2.24, 2.45) is 0 Å². The van der Waals surface area contributed by atoms with Crippen LogP contribution in [0, 0.1) is 0 Å². The van der Waals surface area contributed by atoms with Crippen molar-refractivity contribution < 1.29 is 0 Å². The molecule has 0 unspecified atom stereocenters. The fourth-order valence-electron chi connectivity index (χ4n) is 2.23. The van der Waals surface area contributed by atoms with E-state index in [4.69, 9.17) is 23.2 Å². The highest BCUT2D eigenvalue weighted by molar-refractivity contribution is 6.35. The minimum atomic E-state index is 0.439. The number of rotatable bonds is 2. The first-order chi connectivity index (χ1) is 10.1. The molecule has 0 saturated heterocycles. The summed E-state index contributed by atoms with van der Waals surface area (Å²) in [6.07, 6.45) is 0. The lowest BCUT2D eigenvalue weighted by Crippen LogP contribution is -1.94. The molecular formula is C17H14Cl2N2. The highest BCUT2D eigenvalue weighted by Crippen LogP contribution is 2.30. The summed E-state index contributed by atoms with van der Waals surface area (Å²) in [6, 6.07) is 13.6. The molecule has 0 saturated carbocycles. The number of halogens is 2. The molecule has 0 atom stereocenters. The van der Waals surface area contributed by atoms with Crippen molar-refractivity contribution in [1.82, 2.24) is 9.97 Å². The van der Waals surface area contributed by atoms with E-state index >= 15 is 0 Å². The summed E-state index contributed by atoms with van der Waals surface area (Å²) in [7, 11) is 0. The van der Waals surface area contributed by atoms with Crippen LogP contribution in [-0.4, -0.2) is 9.97 Å². The van der Waals surface area contributed by atoms with E-state index in [1.54, 1.807) is 0 Å². The van der Waals surface area contributed by atoms with Gasteiger partial charge in [0.15, 0.2) is 5.82 Å². The first kappa shape index (κ1) is 14.3. The lowest BCUT2D eigenvalue weighted by atomic mass is 10.0. The Morgan fingerprint density at radius 3 is 2.43 bits per heavy atom. The maximum absolute atomic E-state index is 6.35. The van der Waals surface area contributed by atoms with Crippen molar-refractivity contribution >= 4 is 34.1 Å². The molecule has 0 spiro atoms. The van der Waals surface area contributed by atoms with Crippen LogP contribution in [0.15, 0.2) is 42.5 Å². The molecule has 0 fully saturated rings. The van der Waals surface area contributed by atoms with E-state index in [0.717, 1.165) is 16.5 Å². The monoisotopic (exact) mass is 316 g/mol. The van der Waals surface area contributed by atoms with Gasteiger partial charge in [-0.1, -0.05) is 55.2 Å². The van der Waals surface area contributed by atoms with Crippen LogP contribution >= 0.6 is 23.2 Å². The van der Waals surface area contributed by atoms with E-state index in [2.05, 4.69) is 35.9 Å². The van der Waals surface area contributed by atoms with Gasteiger partial charge in [-0.05, 0) is 35.7 Å². The lowest BCUT2D eigenvalue weighted by molar-refractivity contribution is 0.868. The summed E-state index contributed by atoms with van der Waals surface area (Å²) in [6.45, 7) is 4.29. The van der Waals surface area contributed by atoms with Gasteiger partial charge in [0.05, 0.1) is 10.5 Å². The van der Waals surface area contributed by atoms with E-state index in [-0.39, 0.29) is 0 Å². The number of hydrogen-bond acceptors (Lipinski definition) is 2. The molecule has 0 N–H and O–H groups in total. The zero-order valence-electron chi connectivity index (χ0n) is 11.8. The quantitative estimate of drug-likeness (QED) is 0.564. The smallest absolute Gasteiger partial charge is 0.162 e. The Kier molecular flexibility index (Phi) is 3.83. The Morgan fingerprint density at radius 1 is 0.952 bits per heavy atom. The number of fused-ring (bicyclic) bond motifs is 1. The molecule has 0 aliphatic heterocycles. The Balaban J connectivity index is 2.21. The number of benzene rings is 2. The topological polar surface area (TPSA) is 25.8 Å². The summed E-state index contributed by atoms with van der Waals surface area (Å²) in [5.74, 6) is 0.990. The molecule has 0 aliphatic carbocycles. The molecule has 2 aromatic carbocycles. The lowest BCUT2D eigenvalue weighted by Gasteiger charge is -2.09. The molecule has 1 heterocycles. The standard InChI is InChI=1S/C17H14Cl2N2/c1-10(2)11-7-8-15-13(9-11)16(19)21-17(20-15)12-5-3-4-6-14(12)18/h3-10H,1-2H3. The fourth-order valence-corrected chi connectivity index (χ4v) is 2.68. The van der Waals surface area contributed by atoms with E-state index in [1.165, 1.54) is 5.56 Å². The average Bonchev–Trinajstić information content (AvgIpc) is 2.47. The van der Waals surface area contributed by atoms with Crippen molar-refractivity contribution in [2.75, 3.05) is 0 Å². The third-order valence-corrected chi connectivity index (χ3v) is 4.07. The highest BCUT2D eigenvalue weighted by Gasteiger charge is 2.11. The third-order valence-electron chi connectivity index (χ3n) is 3.45. The minimum Gasteiger partial charge on any atom is -0.228 e. The van der Waals surface area contributed by atoms with E-state index in [0.29, 0.717) is 21.9 Å². The summed E-state index contributed by atoms with van der Waals surface area (Å²) in [4.78, 5) is 8.99. The van der Waals surface area contributed by atoms with Gasteiger partial charge in [0, 0.05) is 10.9 Å².